The zero-order valence-corrected chi connectivity index (χ0v) is 42.8. The van der Waals surface area contributed by atoms with Crippen molar-refractivity contribution in [3.8, 4) is 6.07 Å². The number of aromatic nitrogens is 1. The Morgan fingerprint density at radius 3 is 2.11 bits per heavy atom. The van der Waals surface area contributed by atoms with E-state index in [0.717, 1.165) is 15.8 Å². The second-order valence-electron chi connectivity index (χ2n) is 18.3. The number of aliphatic imine (C=N–C) groups is 2. The summed E-state index contributed by atoms with van der Waals surface area (Å²) >= 11 is 0. The van der Waals surface area contributed by atoms with Crippen LogP contribution in [0.1, 0.15) is 88.3 Å². The number of nitrogens with zero attached hydrogens (tertiary/aromatic N) is 4. The lowest BCUT2D eigenvalue weighted by Crippen LogP contribution is -2.59. The maximum atomic E-state index is 14.6. The highest BCUT2D eigenvalue weighted by Gasteiger charge is 2.34. The van der Waals surface area contributed by atoms with Gasteiger partial charge in [0.15, 0.2) is 11.9 Å². The van der Waals surface area contributed by atoms with Crippen molar-refractivity contribution in [3.63, 3.8) is 0 Å². The third kappa shape index (κ3) is 19.9. The first-order valence-electron chi connectivity index (χ1n) is 25.1. The monoisotopic (exact) mass is 1050 g/mol. The Balaban J connectivity index is 1.78. The van der Waals surface area contributed by atoms with Gasteiger partial charge in [0.25, 0.3) is 0 Å². The van der Waals surface area contributed by atoms with Crippen LogP contribution >= 0.6 is 0 Å². The van der Waals surface area contributed by atoms with E-state index in [9.17, 15) is 48.4 Å². The molecule has 6 atom stereocenters. The van der Waals surface area contributed by atoms with Gasteiger partial charge in [0.2, 0.25) is 53.2 Å². The maximum absolute atomic E-state index is 14.6. The van der Waals surface area contributed by atoms with Crippen LogP contribution in [0, 0.1) is 11.3 Å². The molecule has 0 aliphatic carbocycles. The molecule has 1 aromatic heterocycles. The van der Waals surface area contributed by atoms with Crippen molar-refractivity contribution >= 4 is 76.0 Å². The minimum atomic E-state index is -1.42. The van der Waals surface area contributed by atoms with Crippen molar-refractivity contribution in [2.75, 3.05) is 32.7 Å². The van der Waals surface area contributed by atoms with E-state index in [4.69, 9.17) is 28.7 Å². The Labute approximate surface area is 439 Å². The Hall–Kier alpha value is -8.76. The third-order valence-corrected chi connectivity index (χ3v) is 12.2. The molecule has 2 heterocycles. The molecule has 1 saturated heterocycles. The fourth-order valence-electron chi connectivity index (χ4n) is 8.38. The molecule has 2 aromatic carbocycles. The zero-order valence-electron chi connectivity index (χ0n) is 42.8. The Bertz CT molecular complexity index is 2620. The van der Waals surface area contributed by atoms with Crippen LogP contribution in [-0.2, 0) is 56.0 Å². The normalized spacial score (nSPS) is 20.0. The smallest absolute Gasteiger partial charge is 0.245 e. The fraction of sp³-hybridized carbons (Fsp3) is 0.480. The minimum absolute atomic E-state index is 0.00758. The number of H-pyrrole nitrogens is 1. The van der Waals surface area contributed by atoms with E-state index in [1.165, 1.54) is 19.1 Å². The molecule has 410 valence electrons. The molecule has 9 amide bonds. The van der Waals surface area contributed by atoms with Gasteiger partial charge in [-0.15, -0.1) is 0 Å². The molecule has 26 nitrogen and oxygen atoms in total. The van der Waals surface area contributed by atoms with Crippen LogP contribution in [0.15, 0.2) is 64.7 Å². The second-order valence-corrected chi connectivity index (χ2v) is 18.3. The number of hydrogen-bond acceptors (Lipinski definition) is 12. The Morgan fingerprint density at radius 2 is 1.45 bits per heavy atom. The number of primary amides is 1. The summed E-state index contributed by atoms with van der Waals surface area (Å²) in [7, 11) is 0. The predicted octanol–water partition coefficient (Wildman–Crippen LogP) is -2.73. The summed E-state index contributed by atoms with van der Waals surface area (Å²) in [6.45, 7) is 2.47. The molecule has 0 bridgehead atoms. The van der Waals surface area contributed by atoms with Gasteiger partial charge < -0.3 is 75.8 Å². The standard InChI is InChI=1S/C50H71N17O9/c1-3-23-67-28-42(70)62-39(24-30-14-16-31(26-51)17-15-30)46(74)64-37(13-8-22-59-50(55)56)45(73)66-40(25-32-27-60-34-10-5-4-9-33(32)34)47(75)63-35(43(52)71)11-6-20-57-41(69)19-18-38(48(67)76)65-44(72)36(61-29(2)68)12-7-21-58-49(53)54/h4-5,9-10,14-17,27,35-40,60H,3,6-8,11-13,18-25,28H2,1-2H3,(H2,52,71)(H,57,69)(H,61,68)(H,62,70)(H,63,75)(H,64,74)(H,65,72)(H,66,73)(H4,53,54,58)(H4,55,56,59)/t35-,36-,37-,38-,39?,40-/m0/s1. The average Bonchev–Trinajstić information content (AvgIpc) is 3.78. The number of nitriles is 1. The van der Waals surface area contributed by atoms with Gasteiger partial charge in [-0.2, -0.15) is 5.26 Å². The summed E-state index contributed by atoms with van der Waals surface area (Å²) in [5.74, 6) is -7.18. The molecule has 76 heavy (non-hydrogen) atoms. The molecule has 1 aliphatic rings. The maximum Gasteiger partial charge on any atom is 0.245 e. The number of rotatable bonds is 18. The van der Waals surface area contributed by atoms with Crippen LogP contribution < -0.4 is 65.9 Å². The largest absolute Gasteiger partial charge is 0.370 e. The molecule has 0 radical (unpaired) electrons. The number of amides is 9. The van der Waals surface area contributed by atoms with E-state index in [1.807, 2.05) is 24.3 Å². The van der Waals surface area contributed by atoms with Crippen LogP contribution in [0.5, 0.6) is 0 Å². The van der Waals surface area contributed by atoms with Gasteiger partial charge in [-0.3, -0.25) is 53.1 Å². The van der Waals surface area contributed by atoms with Crippen LogP contribution in [0.2, 0.25) is 0 Å². The number of aromatic amines is 1. The van der Waals surface area contributed by atoms with Crippen LogP contribution in [-0.4, -0.2) is 144 Å². The number of fused-ring (bicyclic) bond motifs is 1. The summed E-state index contributed by atoms with van der Waals surface area (Å²) in [4.78, 5) is 137. The quantitative estimate of drug-likeness (QED) is 0.0350. The molecule has 3 aromatic rings. The second kappa shape index (κ2) is 30.4. The van der Waals surface area contributed by atoms with Crippen LogP contribution in [0.25, 0.3) is 10.9 Å². The van der Waals surface area contributed by atoms with Crippen molar-refractivity contribution < 1.29 is 43.2 Å². The fourth-order valence-corrected chi connectivity index (χ4v) is 8.38. The van der Waals surface area contributed by atoms with Crippen molar-refractivity contribution in [1.82, 2.24) is 47.1 Å². The molecular weight excluding hydrogens is 983 g/mol. The lowest BCUT2D eigenvalue weighted by atomic mass is 10.0. The molecule has 26 heteroatoms. The third-order valence-electron chi connectivity index (χ3n) is 12.2. The molecule has 18 N–H and O–H groups in total. The number of para-hydroxylation sites is 1. The first kappa shape index (κ1) is 59.8. The summed E-state index contributed by atoms with van der Waals surface area (Å²) < 4.78 is 0. The van der Waals surface area contributed by atoms with Gasteiger partial charge >= 0.3 is 0 Å². The van der Waals surface area contributed by atoms with Crippen molar-refractivity contribution in [2.45, 2.75) is 121 Å². The predicted molar refractivity (Wildman–Crippen MR) is 281 cm³/mol. The summed E-state index contributed by atoms with van der Waals surface area (Å²) in [5, 5.41) is 29.0. The van der Waals surface area contributed by atoms with E-state index < -0.39 is 96.0 Å². The highest BCUT2D eigenvalue weighted by Crippen LogP contribution is 2.20. The van der Waals surface area contributed by atoms with E-state index in [2.05, 4.69) is 52.2 Å². The highest BCUT2D eigenvalue weighted by atomic mass is 16.2. The Morgan fingerprint density at radius 1 is 0.803 bits per heavy atom. The molecule has 4 rings (SSSR count). The average molecular weight is 1050 g/mol. The number of nitrogens with two attached hydrogens (primary N) is 5. The molecule has 1 aliphatic heterocycles. The van der Waals surface area contributed by atoms with Gasteiger partial charge in [-0.25, -0.2) is 0 Å². The van der Waals surface area contributed by atoms with Gasteiger partial charge in [-0.1, -0.05) is 37.3 Å². The lowest BCUT2D eigenvalue weighted by molar-refractivity contribution is -0.141. The molecule has 1 fully saturated rings. The van der Waals surface area contributed by atoms with Crippen molar-refractivity contribution in [1.29, 1.82) is 5.26 Å². The van der Waals surface area contributed by atoms with Crippen molar-refractivity contribution in [3.05, 3.63) is 71.4 Å². The van der Waals surface area contributed by atoms with E-state index in [-0.39, 0.29) is 102 Å². The molecule has 1 unspecified atom stereocenters. The number of guanidine groups is 2. The SMILES string of the molecule is CCCN1CC(=O)NC(Cc2ccc(C#N)cc2)C(=O)N[C@@H](CCCN=C(N)N)C(=O)N[C@@H](Cc2c[nH]c3ccccc23)C(=O)N[C@H](C(N)=O)CCCNC(=O)CC[C@H](NC(=O)[C@H](CCCN=C(N)N)NC(C)=O)C1=O. The van der Waals surface area contributed by atoms with Gasteiger partial charge in [0.05, 0.1) is 18.2 Å². The number of nitrogens with one attached hydrogen (secondary N) is 8. The Kier molecular flexibility index (Phi) is 24.0. The van der Waals surface area contributed by atoms with Gasteiger partial charge in [0, 0.05) is 69.5 Å². The minimum Gasteiger partial charge on any atom is -0.370 e. The van der Waals surface area contributed by atoms with Gasteiger partial charge in [0.1, 0.15) is 36.3 Å². The number of benzene rings is 2. The van der Waals surface area contributed by atoms with Crippen LogP contribution in [0.4, 0.5) is 0 Å². The topological polar surface area (TPSA) is 435 Å². The van der Waals surface area contributed by atoms with Gasteiger partial charge in [-0.05, 0) is 80.7 Å². The van der Waals surface area contributed by atoms with Crippen molar-refractivity contribution in [2.24, 2.45) is 38.7 Å². The summed E-state index contributed by atoms with van der Waals surface area (Å²) in [5.41, 5.74) is 30.0. The first-order chi connectivity index (χ1) is 36.3. The highest BCUT2D eigenvalue weighted by molar-refractivity contribution is 5.97. The lowest BCUT2D eigenvalue weighted by Gasteiger charge is -2.29. The van der Waals surface area contributed by atoms with E-state index >= 15 is 0 Å². The number of carbonyl (C=O) groups excluding carboxylic acids is 9. The first-order valence-corrected chi connectivity index (χ1v) is 25.1. The summed E-state index contributed by atoms with van der Waals surface area (Å²) in [6.07, 6.45) is 1.64. The number of hydrogen-bond donors (Lipinski definition) is 13. The van der Waals surface area contributed by atoms with E-state index in [0.29, 0.717) is 23.1 Å². The summed E-state index contributed by atoms with van der Waals surface area (Å²) in [6, 6.07) is 7.50. The zero-order chi connectivity index (χ0) is 55.7. The molecule has 0 saturated carbocycles. The molecular formula is C50H71N17O9. The van der Waals surface area contributed by atoms with E-state index in [1.54, 1.807) is 31.3 Å². The van der Waals surface area contributed by atoms with Crippen LogP contribution in [0.3, 0.4) is 0 Å². The molecule has 0 spiro atoms. The number of carbonyl (C=O) groups is 9.